The highest BCUT2D eigenvalue weighted by atomic mass is 35.5. The molecule has 5 atom stereocenters. The zero-order valence-corrected chi connectivity index (χ0v) is 21.7. The Labute approximate surface area is 216 Å². The third kappa shape index (κ3) is 8.87. The summed E-state index contributed by atoms with van der Waals surface area (Å²) >= 11 is 5.76. The molecule has 204 valence electrons. The second kappa shape index (κ2) is 12.7. The fourth-order valence-electron chi connectivity index (χ4n) is 3.30. The number of hydrogen-bond donors (Lipinski definition) is 2. The van der Waals surface area contributed by atoms with Gasteiger partial charge in [0.25, 0.3) is 10.0 Å². The minimum absolute atomic E-state index is 0.260. The Morgan fingerprint density at radius 3 is 1.92 bits per heavy atom. The van der Waals surface area contributed by atoms with Gasteiger partial charge in [0.1, 0.15) is 18.8 Å². The van der Waals surface area contributed by atoms with Crippen LogP contribution in [0, 0.1) is 0 Å². The smallest absolute Gasteiger partial charge is 0.329 e. The number of hydrogen-bond acceptors (Lipinski definition) is 12. The van der Waals surface area contributed by atoms with Gasteiger partial charge in [0, 0.05) is 32.7 Å². The number of ether oxygens (including phenoxy) is 5. The molecule has 1 saturated heterocycles. The molecule has 2 amide bonds. The molecule has 1 aromatic rings. The van der Waals surface area contributed by atoms with Crippen LogP contribution >= 0.6 is 11.6 Å². The maximum absolute atomic E-state index is 12.7. The largest absolute Gasteiger partial charge is 0.463 e. The zero-order chi connectivity index (χ0) is 27.9. The van der Waals surface area contributed by atoms with Gasteiger partial charge in [0.15, 0.2) is 12.2 Å². The van der Waals surface area contributed by atoms with Crippen LogP contribution in [0.3, 0.4) is 0 Å². The van der Waals surface area contributed by atoms with Crippen molar-refractivity contribution in [3.63, 3.8) is 0 Å². The quantitative estimate of drug-likeness (QED) is 0.327. The molecule has 0 radical (unpaired) electrons. The van der Waals surface area contributed by atoms with E-state index < -0.39 is 77.2 Å². The molecule has 2 N–H and O–H groups in total. The van der Waals surface area contributed by atoms with Gasteiger partial charge < -0.3 is 29.0 Å². The second-order valence-corrected chi connectivity index (χ2v) is 9.78. The van der Waals surface area contributed by atoms with Crippen molar-refractivity contribution in [1.29, 1.82) is 0 Å². The Bertz CT molecular complexity index is 1140. The van der Waals surface area contributed by atoms with Gasteiger partial charge in [-0.3, -0.25) is 19.2 Å². The molecule has 0 spiro atoms. The number of esters is 4. The van der Waals surface area contributed by atoms with Crippen LogP contribution in [0.4, 0.5) is 4.79 Å². The molecule has 14 nitrogen and oxygen atoms in total. The van der Waals surface area contributed by atoms with Gasteiger partial charge in [-0.05, 0) is 24.3 Å². The van der Waals surface area contributed by atoms with Crippen molar-refractivity contribution in [1.82, 2.24) is 10.0 Å². The molecule has 37 heavy (non-hydrogen) atoms. The molecule has 1 aliphatic heterocycles. The minimum atomic E-state index is -4.39. The van der Waals surface area contributed by atoms with Crippen LogP contribution in [0.1, 0.15) is 27.7 Å². The molecule has 1 unspecified atom stereocenters. The summed E-state index contributed by atoms with van der Waals surface area (Å²) in [5.74, 6) is -3.34. The standard InChI is InChI=1S/C21H25ClN2O12S/c1-10(25)32-9-16-18(33-11(2)26)19(34-12(3)27)17(20(36-16)35-13(4)28)23-21(29)24-37(30,31)15-7-5-14(22)6-8-15/h5-8,16-20H,9H2,1-4H3,(H2,23,24,29)/t16-,17-,18-,19-,20?/m1/s1. The monoisotopic (exact) mass is 564 g/mol. The van der Waals surface area contributed by atoms with Gasteiger partial charge in [-0.15, -0.1) is 0 Å². The first-order valence-electron chi connectivity index (χ1n) is 10.6. The Morgan fingerprint density at radius 2 is 1.41 bits per heavy atom. The van der Waals surface area contributed by atoms with Crippen LogP contribution in [-0.4, -0.2) is 75.6 Å². The third-order valence-corrected chi connectivity index (χ3v) is 6.23. The lowest BCUT2D eigenvalue weighted by atomic mass is 9.96. The number of sulfonamides is 1. The van der Waals surface area contributed by atoms with Crippen molar-refractivity contribution in [2.24, 2.45) is 0 Å². The lowest BCUT2D eigenvalue weighted by Gasteiger charge is -2.44. The average Bonchev–Trinajstić information content (AvgIpc) is 2.75. The molecule has 1 aromatic carbocycles. The van der Waals surface area contributed by atoms with E-state index in [1.807, 2.05) is 0 Å². The molecule has 0 aromatic heterocycles. The molecule has 1 fully saturated rings. The van der Waals surface area contributed by atoms with E-state index in [0.29, 0.717) is 0 Å². The number of nitrogens with one attached hydrogen (secondary N) is 2. The van der Waals surface area contributed by atoms with E-state index in [-0.39, 0.29) is 9.92 Å². The van der Waals surface area contributed by atoms with Crippen molar-refractivity contribution in [3.8, 4) is 0 Å². The fourth-order valence-corrected chi connectivity index (χ4v) is 4.34. The Kier molecular flexibility index (Phi) is 10.2. The van der Waals surface area contributed by atoms with Crippen molar-refractivity contribution in [2.45, 2.75) is 63.2 Å². The van der Waals surface area contributed by atoms with Crippen LogP contribution in [0.25, 0.3) is 0 Å². The molecule has 0 saturated carbocycles. The SMILES string of the molecule is CC(=O)OC[C@H]1OC(OC(C)=O)[C@H](NC(=O)NS(=O)(=O)c2ccc(Cl)cc2)[C@@H](OC(C)=O)[C@@H]1OC(C)=O. The van der Waals surface area contributed by atoms with Gasteiger partial charge >= 0.3 is 29.9 Å². The van der Waals surface area contributed by atoms with E-state index in [9.17, 15) is 32.4 Å². The maximum Gasteiger partial charge on any atom is 0.329 e. The minimum Gasteiger partial charge on any atom is -0.463 e. The predicted octanol–water partition coefficient (Wildman–Crippen LogP) is 0.411. The molecule has 1 aliphatic rings. The number of urea groups is 1. The Balaban J connectivity index is 2.40. The number of carbonyl (C=O) groups excluding carboxylic acids is 5. The molecular formula is C21H25ClN2O12S. The van der Waals surface area contributed by atoms with E-state index in [1.165, 1.54) is 12.1 Å². The lowest BCUT2D eigenvalue weighted by Crippen LogP contribution is -2.67. The summed E-state index contributed by atoms with van der Waals surface area (Å²) in [6.07, 6.45) is -6.02. The first-order chi connectivity index (χ1) is 17.2. The number of carbonyl (C=O) groups is 5. The average molecular weight is 565 g/mol. The molecule has 1 heterocycles. The van der Waals surface area contributed by atoms with E-state index in [4.69, 9.17) is 35.3 Å². The molecule has 0 bridgehead atoms. The third-order valence-electron chi connectivity index (χ3n) is 4.63. The van der Waals surface area contributed by atoms with Crippen LogP contribution in [0.2, 0.25) is 5.02 Å². The number of amides is 2. The Morgan fingerprint density at radius 1 is 0.865 bits per heavy atom. The van der Waals surface area contributed by atoms with E-state index >= 15 is 0 Å². The van der Waals surface area contributed by atoms with E-state index in [0.717, 1.165) is 39.8 Å². The van der Waals surface area contributed by atoms with Gasteiger partial charge in [0.05, 0.1) is 4.90 Å². The normalized spacial score (nSPS) is 23.2. The summed E-state index contributed by atoms with van der Waals surface area (Å²) in [6, 6.07) is 2.00. The Hall–Kier alpha value is -3.43. The molecule has 0 aliphatic carbocycles. The van der Waals surface area contributed by atoms with Crippen molar-refractivity contribution < 1.29 is 56.1 Å². The lowest BCUT2D eigenvalue weighted by molar-refractivity contribution is -0.270. The van der Waals surface area contributed by atoms with E-state index in [2.05, 4.69) is 5.32 Å². The molecule has 2 rings (SSSR count). The molecular weight excluding hydrogens is 540 g/mol. The first-order valence-corrected chi connectivity index (χ1v) is 12.4. The summed E-state index contributed by atoms with van der Waals surface area (Å²) in [5, 5.41) is 2.48. The second-order valence-electron chi connectivity index (χ2n) is 7.66. The van der Waals surface area contributed by atoms with Gasteiger partial charge in [-0.1, -0.05) is 11.6 Å². The number of rotatable bonds is 8. The summed E-state index contributed by atoms with van der Waals surface area (Å²) in [7, 11) is -4.39. The van der Waals surface area contributed by atoms with Gasteiger partial charge in [-0.2, -0.15) is 0 Å². The first kappa shape index (κ1) is 29.8. The summed E-state index contributed by atoms with van der Waals surface area (Å²) in [5.41, 5.74) is 0. The summed E-state index contributed by atoms with van der Waals surface area (Å²) in [4.78, 5) is 59.1. The highest BCUT2D eigenvalue weighted by Gasteiger charge is 2.52. The highest BCUT2D eigenvalue weighted by Crippen LogP contribution is 2.28. The summed E-state index contributed by atoms with van der Waals surface area (Å²) in [6.45, 7) is 3.68. The van der Waals surface area contributed by atoms with Crippen LogP contribution < -0.4 is 10.0 Å². The van der Waals surface area contributed by atoms with E-state index in [1.54, 1.807) is 4.72 Å². The number of benzene rings is 1. The zero-order valence-electron chi connectivity index (χ0n) is 20.1. The van der Waals surface area contributed by atoms with Gasteiger partial charge in [-0.25, -0.2) is 17.9 Å². The van der Waals surface area contributed by atoms with Gasteiger partial charge in [0.2, 0.25) is 6.29 Å². The highest BCUT2D eigenvalue weighted by molar-refractivity contribution is 7.90. The predicted molar refractivity (Wildman–Crippen MR) is 122 cm³/mol. The van der Waals surface area contributed by atoms with Crippen molar-refractivity contribution >= 4 is 51.5 Å². The van der Waals surface area contributed by atoms with Crippen LogP contribution in [-0.2, 0) is 52.9 Å². The fraction of sp³-hybridized carbons (Fsp3) is 0.476. The topological polar surface area (TPSA) is 190 Å². The van der Waals surface area contributed by atoms with Crippen molar-refractivity contribution in [2.75, 3.05) is 6.61 Å². The van der Waals surface area contributed by atoms with Crippen LogP contribution in [0.5, 0.6) is 0 Å². The number of halogens is 1. The van der Waals surface area contributed by atoms with Crippen molar-refractivity contribution in [3.05, 3.63) is 29.3 Å². The summed E-state index contributed by atoms with van der Waals surface area (Å²) < 4.78 is 53.0. The molecule has 16 heteroatoms. The maximum atomic E-state index is 12.7. The van der Waals surface area contributed by atoms with Crippen LogP contribution in [0.15, 0.2) is 29.2 Å².